The van der Waals surface area contributed by atoms with E-state index >= 15 is 0 Å². The molecule has 0 unspecified atom stereocenters. The van der Waals surface area contributed by atoms with Gasteiger partial charge in [-0.2, -0.15) is 13.2 Å². The van der Waals surface area contributed by atoms with Gasteiger partial charge in [0.15, 0.2) is 0 Å². The van der Waals surface area contributed by atoms with E-state index in [0.29, 0.717) is 5.56 Å². The first kappa shape index (κ1) is 17.0. The van der Waals surface area contributed by atoms with Crippen LogP contribution < -0.4 is 11.1 Å². The molecule has 1 aromatic rings. The standard InChI is InChI=1S/C14H15F3N2O2/c15-14(16,17)10-21-9-8-19-13(20)12-5-3-11(4-6-12)2-1-7-18/h3-6H,7-10,18H2,(H,19,20). The van der Waals surface area contributed by atoms with Crippen molar-refractivity contribution in [3.8, 4) is 11.8 Å². The lowest BCUT2D eigenvalue weighted by molar-refractivity contribution is -0.173. The summed E-state index contributed by atoms with van der Waals surface area (Å²) in [4.78, 5) is 11.7. The van der Waals surface area contributed by atoms with Crippen molar-refractivity contribution < 1.29 is 22.7 Å². The van der Waals surface area contributed by atoms with Crippen LogP contribution in [-0.2, 0) is 4.74 Å². The first-order valence-corrected chi connectivity index (χ1v) is 6.14. The van der Waals surface area contributed by atoms with Crippen molar-refractivity contribution in [3.05, 3.63) is 35.4 Å². The molecule has 0 heterocycles. The van der Waals surface area contributed by atoms with Crippen LogP contribution in [-0.4, -0.2) is 38.4 Å². The molecule has 7 heteroatoms. The van der Waals surface area contributed by atoms with E-state index in [4.69, 9.17) is 5.73 Å². The monoisotopic (exact) mass is 300 g/mol. The van der Waals surface area contributed by atoms with Crippen LogP contribution in [0.15, 0.2) is 24.3 Å². The van der Waals surface area contributed by atoms with Gasteiger partial charge in [0.25, 0.3) is 5.91 Å². The molecule has 0 fully saturated rings. The van der Waals surface area contributed by atoms with Gasteiger partial charge in [-0.1, -0.05) is 11.8 Å². The summed E-state index contributed by atoms with van der Waals surface area (Å²) in [5, 5.41) is 2.46. The highest BCUT2D eigenvalue weighted by Crippen LogP contribution is 2.13. The molecule has 0 saturated carbocycles. The summed E-state index contributed by atoms with van der Waals surface area (Å²) in [6, 6.07) is 6.48. The zero-order chi connectivity index (χ0) is 15.7. The number of alkyl halides is 3. The van der Waals surface area contributed by atoms with Gasteiger partial charge in [-0.3, -0.25) is 4.79 Å². The van der Waals surface area contributed by atoms with Crippen molar-refractivity contribution in [1.82, 2.24) is 5.32 Å². The zero-order valence-corrected chi connectivity index (χ0v) is 11.2. The van der Waals surface area contributed by atoms with Crippen molar-refractivity contribution in [2.24, 2.45) is 5.73 Å². The number of ether oxygens (including phenoxy) is 1. The Bertz CT molecular complexity index is 516. The van der Waals surface area contributed by atoms with Gasteiger partial charge in [0.2, 0.25) is 0 Å². The summed E-state index contributed by atoms with van der Waals surface area (Å²) in [6.07, 6.45) is -4.36. The smallest absolute Gasteiger partial charge is 0.370 e. The topological polar surface area (TPSA) is 64.4 Å². The third kappa shape index (κ3) is 7.34. The average molecular weight is 300 g/mol. The van der Waals surface area contributed by atoms with Gasteiger partial charge in [0.05, 0.1) is 13.2 Å². The van der Waals surface area contributed by atoms with Gasteiger partial charge in [0.1, 0.15) is 6.61 Å². The lowest BCUT2D eigenvalue weighted by Gasteiger charge is -2.08. The van der Waals surface area contributed by atoms with Gasteiger partial charge >= 0.3 is 6.18 Å². The predicted octanol–water partition coefficient (Wildman–Crippen LogP) is 1.31. The summed E-state index contributed by atoms with van der Waals surface area (Å²) >= 11 is 0. The number of benzene rings is 1. The number of amides is 1. The number of nitrogens with one attached hydrogen (secondary N) is 1. The number of halogens is 3. The second kappa shape index (κ2) is 8.29. The van der Waals surface area contributed by atoms with Crippen molar-refractivity contribution in [3.63, 3.8) is 0 Å². The molecule has 0 radical (unpaired) electrons. The average Bonchev–Trinajstić information content (AvgIpc) is 2.44. The van der Waals surface area contributed by atoms with Crippen molar-refractivity contribution >= 4 is 5.91 Å². The maximum Gasteiger partial charge on any atom is 0.411 e. The lowest BCUT2D eigenvalue weighted by atomic mass is 10.1. The molecule has 1 aromatic carbocycles. The quantitative estimate of drug-likeness (QED) is 0.636. The van der Waals surface area contributed by atoms with Gasteiger partial charge in [0, 0.05) is 17.7 Å². The third-order valence-electron chi connectivity index (χ3n) is 2.28. The third-order valence-corrected chi connectivity index (χ3v) is 2.28. The van der Waals surface area contributed by atoms with E-state index in [2.05, 4.69) is 21.9 Å². The van der Waals surface area contributed by atoms with E-state index in [1.807, 2.05) is 0 Å². The Morgan fingerprint density at radius 3 is 2.52 bits per heavy atom. The van der Waals surface area contributed by atoms with E-state index in [1.54, 1.807) is 24.3 Å². The molecule has 0 aliphatic heterocycles. The maximum atomic E-state index is 11.8. The Kier molecular flexibility index (Phi) is 6.72. The normalized spacial score (nSPS) is 10.7. The molecule has 0 spiro atoms. The van der Waals surface area contributed by atoms with Gasteiger partial charge in [-0.05, 0) is 24.3 Å². The Morgan fingerprint density at radius 1 is 1.29 bits per heavy atom. The molecule has 0 bridgehead atoms. The fraction of sp³-hybridized carbons (Fsp3) is 0.357. The molecule has 114 valence electrons. The maximum absolute atomic E-state index is 11.8. The summed E-state index contributed by atoms with van der Waals surface area (Å²) in [7, 11) is 0. The molecular formula is C14H15F3N2O2. The van der Waals surface area contributed by atoms with Crippen LogP contribution in [0.2, 0.25) is 0 Å². The van der Waals surface area contributed by atoms with Crippen LogP contribution >= 0.6 is 0 Å². The number of carbonyl (C=O) groups is 1. The van der Waals surface area contributed by atoms with Gasteiger partial charge < -0.3 is 15.8 Å². The summed E-state index contributed by atoms with van der Waals surface area (Å²) < 4.78 is 39.8. The van der Waals surface area contributed by atoms with Crippen molar-refractivity contribution in [1.29, 1.82) is 0 Å². The van der Waals surface area contributed by atoms with E-state index in [9.17, 15) is 18.0 Å². The molecule has 21 heavy (non-hydrogen) atoms. The highest BCUT2D eigenvalue weighted by Gasteiger charge is 2.27. The first-order valence-electron chi connectivity index (χ1n) is 6.14. The molecule has 0 aromatic heterocycles. The summed E-state index contributed by atoms with van der Waals surface area (Å²) in [6.45, 7) is -1.27. The van der Waals surface area contributed by atoms with Crippen LogP contribution in [0.4, 0.5) is 13.2 Å². The Labute approximate surface area is 120 Å². The van der Waals surface area contributed by atoms with Crippen molar-refractivity contribution in [2.75, 3.05) is 26.3 Å². The Morgan fingerprint density at radius 2 is 1.95 bits per heavy atom. The Hall–Kier alpha value is -2.04. The van der Waals surface area contributed by atoms with Crippen LogP contribution in [0.5, 0.6) is 0 Å². The number of hydrogen-bond donors (Lipinski definition) is 2. The predicted molar refractivity (Wildman–Crippen MR) is 71.6 cm³/mol. The molecule has 0 aliphatic carbocycles. The van der Waals surface area contributed by atoms with Crippen LogP contribution in [0.25, 0.3) is 0 Å². The number of hydrogen-bond acceptors (Lipinski definition) is 3. The first-order chi connectivity index (χ1) is 9.92. The molecule has 0 atom stereocenters. The number of nitrogens with two attached hydrogens (primary N) is 1. The zero-order valence-electron chi connectivity index (χ0n) is 11.2. The molecule has 1 rings (SSSR count). The van der Waals surface area contributed by atoms with Crippen LogP contribution in [0.3, 0.4) is 0 Å². The van der Waals surface area contributed by atoms with Gasteiger partial charge in [-0.15, -0.1) is 0 Å². The van der Waals surface area contributed by atoms with Crippen LogP contribution in [0.1, 0.15) is 15.9 Å². The van der Waals surface area contributed by atoms with Crippen molar-refractivity contribution in [2.45, 2.75) is 6.18 Å². The summed E-state index contributed by atoms with van der Waals surface area (Å²) in [5.41, 5.74) is 6.36. The highest BCUT2D eigenvalue weighted by atomic mass is 19.4. The van der Waals surface area contributed by atoms with Gasteiger partial charge in [-0.25, -0.2) is 0 Å². The SMILES string of the molecule is NCC#Cc1ccc(C(=O)NCCOCC(F)(F)F)cc1. The molecule has 0 saturated heterocycles. The van der Waals surface area contributed by atoms with E-state index < -0.39 is 12.8 Å². The molecule has 3 N–H and O–H groups in total. The number of carbonyl (C=O) groups excluding carboxylic acids is 1. The second-order valence-electron chi connectivity index (χ2n) is 4.01. The second-order valence-corrected chi connectivity index (χ2v) is 4.01. The molecule has 4 nitrogen and oxygen atoms in total. The largest absolute Gasteiger partial charge is 0.411 e. The fourth-order valence-electron chi connectivity index (χ4n) is 1.38. The minimum atomic E-state index is -4.36. The van der Waals surface area contributed by atoms with E-state index in [0.717, 1.165) is 5.56 Å². The highest BCUT2D eigenvalue weighted by molar-refractivity contribution is 5.94. The minimum absolute atomic E-state index is 0.00361. The van der Waals surface area contributed by atoms with E-state index in [1.165, 1.54) is 0 Å². The fourth-order valence-corrected chi connectivity index (χ4v) is 1.38. The molecular weight excluding hydrogens is 285 g/mol. The molecule has 1 amide bonds. The molecule has 0 aliphatic rings. The summed E-state index contributed by atoms with van der Waals surface area (Å²) in [5.74, 6) is 5.11. The lowest BCUT2D eigenvalue weighted by Crippen LogP contribution is -2.28. The van der Waals surface area contributed by atoms with E-state index in [-0.39, 0.29) is 25.6 Å². The Balaban J connectivity index is 2.35. The van der Waals surface area contributed by atoms with Crippen LogP contribution in [0, 0.1) is 11.8 Å². The minimum Gasteiger partial charge on any atom is -0.370 e. The number of rotatable bonds is 5.